The molecule has 320 valence electrons. The highest BCUT2D eigenvalue weighted by Gasteiger charge is 2.23. The van der Waals surface area contributed by atoms with Crippen LogP contribution < -0.4 is 16.0 Å². The Balaban J connectivity index is 1.23. The van der Waals surface area contributed by atoms with Gasteiger partial charge in [0, 0.05) is 157 Å². The van der Waals surface area contributed by atoms with E-state index >= 15 is 0 Å². The molecule has 0 atom stereocenters. The molecule has 0 amide bonds. The average molecular weight is 781 g/mol. The summed E-state index contributed by atoms with van der Waals surface area (Å²) < 4.78 is 0. The minimum Gasteiger partial charge on any atom is -0.376 e. The number of likely N-dealkylation sites (N-methyl/N-ethyl adjacent to an activating group) is 1. The van der Waals surface area contributed by atoms with Gasteiger partial charge in [-0.15, -0.1) is 0 Å². The fourth-order valence-corrected chi connectivity index (χ4v) is 9.77. The molecule has 0 aliphatic carbocycles. The minimum absolute atomic E-state index is 0.969. The van der Waals surface area contributed by atoms with Gasteiger partial charge in [0.2, 0.25) is 0 Å². The van der Waals surface area contributed by atoms with Gasteiger partial charge < -0.3 is 50.2 Å². The van der Waals surface area contributed by atoms with E-state index in [4.69, 9.17) is 0 Å². The number of nitrogens with one attached hydrogen (secondary N) is 3. The Labute approximate surface area is 343 Å². The van der Waals surface area contributed by atoms with Gasteiger partial charge in [-0.05, 0) is 109 Å². The number of rotatable bonds is 6. The van der Waals surface area contributed by atoms with E-state index in [1.54, 1.807) is 0 Å². The van der Waals surface area contributed by atoms with Crippen molar-refractivity contribution in [1.29, 1.82) is 0 Å². The summed E-state index contributed by atoms with van der Waals surface area (Å²) in [5.41, 5.74) is 4.43. The molecule has 9 saturated heterocycles. The lowest BCUT2D eigenvalue weighted by molar-refractivity contribution is 0.124. The van der Waals surface area contributed by atoms with E-state index in [2.05, 4.69) is 85.8 Å². The normalized spacial score (nSPS) is 33.9. The van der Waals surface area contributed by atoms with Crippen molar-refractivity contribution < 1.29 is 0 Å². The first-order valence-electron chi connectivity index (χ1n) is 23.3. The molecule has 6 bridgehead atoms. The Morgan fingerprint density at radius 1 is 0.446 bits per heavy atom. The van der Waals surface area contributed by atoms with Crippen LogP contribution in [0.25, 0.3) is 0 Å². The van der Waals surface area contributed by atoms with Crippen LogP contribution in [-0.4, -0.2) is 254 Å². The predicted molar refractivity (Wildman–Crippen MR) is 236 cm³/mol. The smallest absolute Gasteiger partial charge is 0.0297 e. The third-order valence-electron chi connectivity index (χ3n) is 13.5. The van der Waals surface area contributed by atoms with Gasteiger partial charge in [-0.2, -0.15) is 0 Å². The van der Waals surface area contributed by atoms with Gasteiger partial charge in [-0.1, -0.05) is 18.7 Å². The van der Waals surface area contributed by atoms with Crippen molar-refractivity contribution in [2.24, 2.45) is 0 Å². The molecule has 9 fully saturated rings. The van der Waals surface area contributed by atoms with Crippen LogP contribution in [0.15, 0.2) is 35.6 Å². The summed E-state index contributed by atoms with van der Waals surface area (Å²) in [6, 6.07) is 0. The number of nitrogens with zero attached hydrogens (tertiary/aromatic N) is 9. The standard InChI is InChI=1S/C44H84N12/c1-3-42(40-55-21-7-19-52-31-27-49(28-32-52)17-5-11-46-14-25-55)39-43(41-56-22-8-20-53-33-29-50(30-34-53)18-6-12-47-15-26-56)44-9-23-54-37-35-51(36-38-54)16-4-10-45-13-24-48(44)2/h3,39,45-47H,1,4-38,40-41H2,2H3/b42-39+,44-43+. The Morgan fingerprint density at radius 2 is 0.839 bits per heavy atom. The SMILES string of the molecule is C=C/C(=C\C(CN1CCCN2CCN(CCCNCC1)CC2)=C1\CCN2CCN(CCCNCCN1C)CC2)CN1CCCN2CCN(CCCNCC1)CC2. The van der Waals surface area contributed by atoms with E-state index in [-0.39, 0.29) is 0 Å². The monoisotopic (exact) mass is 781 g/mol. The van der Waals surface area contributed by atoms with Gasteiger partial charge in [0.25, 0.3) is 0 Å². The quantitative estimate of drug-likeness (QED) is 0.336. The highest BCUT2D eigenvalue weighted by atomic mass is 15.3. The largest absolute Gasteiger partial charge is 0.376 e. The Kier molecular flexibility index (Phi) is 19.9. The molecule has 0 saturated carbocycles. The first kappa shape index (κ1) is 44.1. The van der Waals surface area contributed by atoms with Gasteiger partial charge in [-0.3, -0.25) is 9.80 Å². The van der Waals surface area contributed by atoms with Gasteiger partial charge >= 0.3 is 0 Å². The zero-order chi connectivity index (χ0) is 38.6. The maximum Gasteiger partial charge on any atom is 0.0297 e. The zero-order valence-electron chi connectivity index (χ0n) is 36.0. The Morgan fingerprint density at radius 3 is 1.29 bits per heavy atom. The number of piperazine rings is 3. The van der Waals surface area contributed by atoms with Crippen LogP contribution >= 0.6 is 0 Å². The van der Waals surface area contributed by atoms with Crippen LogP contribution in [0.5, 0.6) is 0 Å². The molecule has 3 N–H and O–H groups in total. The van der Waals surface area contributed by atoms with Crippen molar-refractivity contribution >= 4 is 0 Å². The predicted octanol–water partition coefficient (Wildman–Crippen LogP) is 0.892. The second kappa shape index (κ2) is 25.3. The molecule has 0 unspecified atom stereocenters. The molecule has 12 heteroatoms. The molecule has 12 nitrogen and oxygen atoms in total. The molecule has 0 aromatic heterocycles. The fourth-order valence-electron chi connectivity index (χ4n) is 9.77. The fraction of sp³-hybridized carbons (Fsp3) is 0.864. The molecule has 0 spiro atoms. The maximum atomic E-state index is 4.47. The molecule has 56 heavy (non-hydrogen) atoms. The Hall–Kier alpha value is -1.42. The second-order valence-electron chi connectivity index (χ2n) is 17.7. The highest BCUT2D eigenvalue weighted by molar-refractivity contribution is 5.35. The Bertz CT molecular complexity index is 1150. The molecule has 9 heterocycles. The van der Waals surface area contributed by atoms with E-state index in [1.807, 2.05) is 0 Å². The summed E-state index contributed by atoms with van der Waals surface area (Å²) in [5.74, 6) is 0. The summed E-state index contributed by atoms with van der Waals surface area (Å²) in [6.07, 6.45) is 12.1. The third kappa shape index (κ3) is 15.6. The third-order valence-corrected chi connectivity index (χ3v) is 13.5. The maximum absolute atomic E-state index is 4.47. The van der Waals surface area contributed by atoms with Crippen LogP contribution in [0.2, 0.25) is 0 Å². The molecule has 0 aromatic carbocycles. The summed E-state index contributed by atoms with van der Waals surface area (Å²) in [7, 11) is 2.37. The molecule has 9 aliphatic rings. The minimum atomic E-state index is 0.969. The topological polar surface area (TPSA) is 65.3 Å². The van der Waals surface area contributed by atoms with Crippen LogP contribution in [-0.2, 0) is 0 Å². The van der Waals surface area contributed by atoms with Gasteiger partial charge in [-0.25, -0.2) is 0 Å². The van der Waals surface area contributed by atoms with Gasteiger partial charge in [0.05, 0.1) is 0 Å². The lowest BCUT2D eigenvalue weighted by Crippen LogP contribution is -2.48. The van der Waals surface area contributed by atoms with E-state index in [0.717, 1.165) is 98.0 Å². The first-order valence-corrected chi connectivity index (χ1v) is 23.3. The summed E-state index contributed by atoms with van der Waals surface area (Å²) >= 11 is 0. The molecule has 9 rings (SSSR count). The lowest BCUT2D eigenvalue weighted by Gasteiger charge is -2.37. The van der Waals surface area contributed by atoms with E-state index in [1.165, 1.54) is 160 Å². The van der Waals surface area contributed by atoms with Crippen molar-refractivity contribution in [3.05, 3.63) is 35.6 Å². The first-order chi connectivity index (χ1) is 27.6. The number of hydrogen-bond acceptors (Lipinski definition) is 12. The number of hydrogen-bond donors (Lipinski definition) is 3. The van der Waals surface area contributed by atoms with Crippen molar-refractivity contribution in [2.75, 3.05) is 210 Å². The molecule has 0 aromatic rings. The average Bonchev–Trinajstić information content (AvgIpc) is 3.22. The van der Waals surface area contributed by atoms with Crippen LogP contribution in [0.4, 0.5) is 0 Å². The van der Waals surface area contributed by atoms with Gasteiger partial charge in [0.1, 0.15) is 0 Å². The molecular formula is C44H84N12. The second-order valence-corrected chi connectivity index (χ2v) is 17.7. The van der Waals surface area contributed by atoms with Crippen molar-refractivity contribution in [3.63, 3.8) is 0 Å². The van der Waals surface area contributed by atoms with E-state index in [0.29, 0.717) is 0 Å². The van der Waals surface area contributed by atoms with Crippen molar-refractivity contribution in [3.8, 4) is 0 Å². The van der Waals surface area contributed by atoms with Crippen LogP contribution in [0.3, 0.4) is 0 Å². The van der Waals surface area contributed by atoms with E-state index in [9.17, 15) is 0 Å². The van der Waals surface area contributed by atoms with Crippen LogP contribution in [0.1, 0.15) is 38.5 Å². The zero-order valence-corrected chi connectivity index (χ0v) is 36.0. The lowest BCUT2D eigenvalue weighted by atomic mass is 10.0. The van der Waals surface area contributed by atoms with E-state index < -0.39 is 0 Å². The summed E-state index contributed by atoms with van der Waals surface area (Å²) in [4.78, 5) is 24.3. The molecule has 0 radical (unpaired) electrons. The molecule has 9 aliphatic heterocycles. The van der Waals surface area contributed by atoms with Crippen molar-refractivity contribution in [2.45, 2.75) is 38.5 Å². The summed E-state index contributed by atoms with van der Waals surface area (Å²) in [5, 5.41) is 11.4. The van der Waals surface area contributed by atoms with Crippen LogP contribution in [0, 0.1) is 0 Å². The molecular weight excluding hydrogens is 697 g/mol. The van der Waals surface area contributed by atoms with Crippen molar-refractivity contribution in [1.82, 2.24) is 60.0 Å². The highest BCUT2D eigenvalue weighted by Crippen LogP contribution is 2.21. The van der Waals surface area contributed by atoms with Gasteiger partial charge in [0.15, 0.2) is 0 Å². The summed E-state index contributed by atoms with van der Waals surface area (Å²) in [6.45, 7) is 40.3. The number of fused-ring (bicyclic) bond motifs is 33.